The molecule has 3 aromatic heterocycles. The molecule has 0 aliphatic rings. The van der Waals surface area contributed by atoms with Crippen molar-refractivity contribution in [2.24, 2.45) is 0 Å². The Balaban J connectivity index is 1.24. The van der Waals surface area contributed by atoms with Crippen molar-refractivity contribution in [3.63, 3.8) is 0 Å². The third kappa shape index (κ3) is 4.55. The van der Waals surface area contributed by atoms with E-state index in [2.05, 4.69) is 60.7 Å². The van der Waals surface area contributed by atoms with Crippen molar-refractivity contribution in [3.8, 4) is 55.9 Å². The Morgan fingerprint density at radius 1 is 0.435 bits per heavy atom. The largest absolute Gasteiger partial charge is 0.456 e. The number of aromatic nitrogens is 4. The zero-order chi connectivity index (χ0) is 30.5. The molecule has 216 valence electrons. The Labute approximate surface area is 268 Å². The summed E-state index contributed by atoms with van der Waals surface area (Å²) in [6.45, 7) is 0. The standard InChI is InChI=1S/C40H24N4OS/c1-4-12-25(13-5-1)37-42-38(26-14-6-2-7-15-26)44-39(43-37)28-22-23-33-31(24-28)35-29(18-11-21-34(35)45-33)30-19-10-20-32-36(30)46-40(41-32)27-16-8-3-9-17-27/h1-24H. The first kappa shape index (κ1) is 26.4. The van der Waals surface area contributed by atoms with E-state index in [0.29, 0.717) is 17.5 Å². The molecule has 0 atom stereocenters. The third-order valence-corrected chi connectivity index (χ3v) is 9.33. The van der Waals surface area contributed by atoms with Gasteiger partial charge in [0, 0.05) is 38.6 Å². The summed E-state index contributed by atoms with van der Waals surface area (Å²) in [4.78, 5) is 19.8. The molecule has 9 rings (SSSR count). The Kier molecular flexibility index (Phi) is 6.25. The Hall–Kier alpha value is -5.98. The lowest BCUT2D eigenvalue weighted by molar-refractivity contribution is 0.669. The highest BCUT2D eigenvalue weighted by Crippen LogP contribution is 2.43. The molecule has 0 saturated heterocycles. The molecule has 0 spiro atoms. The quantitative estimate of drug-likeness (QED) is 0.194. The highest BCUT2D eigenvalue weighted by atomic mass is 32.1. The van der Waals surface area contributed by atoms with Crippen molar-refractivity contribution >= 4 is 43.5 Å². The fraction of sp³-hybridized carbons (Fsp3) is 0. The first-order valence-corrected chi connectivity index (χ1v) is 15.9. The second-order valence-electron chi connectivity index (χ2n) is 11.1. The van der Waals surface area contributed by atoms with Crippen LogP contribution in [0.1, 0.15) is 0 Å². The smallest absolute Gasteiger partial charge is 0.164 e. The van der Waals surface area contributed by atoms with Crippen molar-refractivity contribution in [2.75, 3.05) is 0 Å². The first-order valence-electron chi connectivity index (χ1n) is 15.1. The van der Waals surface area contributed by atoms with Crippen LogP contribution in [0.25, 0.3) is 88.0 Å². The van der Waals surface area contributed by atoms with Crippen molar-refractivity contribution in [1.29, 1.82) is 0 Å². The normalized spacial score (nSPS) is 11.5. The van der Waals surface area contributed by atoms with Gasteiger partial charge in [0.1, 0.15) is 16.2 Å². The van der Waals surface area contributed by atoms with E-state index in [1.165, 1.54) is 0 Å². The van der Waals surface area contributed by atoms with Gasteiger partial charge in [0.25, 0.3) is 0 Å². The number of fused-ring (bicyclic) bond motifs is 4. The monoisotopic (exact) mass is 608 g/mol. The molecule has 5 nitrogen and oxygen atoms in total. The molecule has 0 amide bonds. The molecule has 9 aromatic rings. The van der Waals surface area contributed by atoms with Crippen LogP contribution in [0.3, 0.4) is 0 Å². The minimum atomic E-state index is 0.610. The lowest BCUT2D eigenvalue weighted by Gasteiger charge is -2.09. The fourth-order valence-electron chi connectivity index (χ4n) is 5.99. The fourth-order valence-corrected chi connectivity index (χ4v) is 7.09. The summed E-state index contributed by atoms with van der Waals surface area (Å²) in [6.07, 6.45) is 0. The molecule has 3 heterocycles. The van der Waals surface area contributed by atoms with Crippen LogP contribution in [-0.2, 0) is 0 Å². The summed E-state index contributed by atoms with van der Waals surface area (Å²) in [6, 6.07) is 49.2. The van der Waals surface area contributed by atoms with Crippen LogP contribution in [0.15, 0.2) is 150 Å². The molecule has 0 unspecified atom stereocenters. The lowest BCUT2D eigenvalue weighted by atomic mass is 9.98. The first-order chi connectivity index (χ1) is 22.8. The third-order valence-electron chi connectivity index (χ3n) is 8.18. The Morgan fingerprint density at radius 2 is 1.02 bits per heavy atom. The highest BCUT2D eigenvalue weighted by molar-refractivity contribution is 7.22. The Morgan fingerprint density at radius 3 is 1.70 bits per heavy atom. The van der Waals surface area contributed by atoms with Crippen LogP contribution < -0.4 is 0 Å². The number of nitrogens with zero attached hydrogens (tertiary/aromatic N) is 4. The van der Waals surface area contributed by atoms with E-state index in [0.717, 1.165) is 70.5 Å². The summed E-state index contributed by atoms with van der Waals surface area (Å²) in [5, 5.41) is 3.07. The van der Waals surface area contributed by atoms with Crippen LogP contribution in [0.2, 0.25) is 0 Å². The van der Waals surface area contributed by atoms with Crippen LogP contribution >= 0.6 is 11.3 Å². The lowest BCUT2D eigenvalue weighted by Crippen LogP contribution is -2.00. The summed E-state index contributed by atoms with van der Waals surface area (Å²) < 4.78 is 7.56. The van der Waals surface area contributed by atoms with Gasteiger partial charge in [-0.15, -0.1) is 11.3 Å². The summed E-state index contributed by atoms with van der Waals surface area (Å²) in [5.74, 6) is 1.88. The van der Waals surface area contributed by atoms with Crippen molar-refractivity contribution < 1.29 is 4.42 Å². The molecule has 0 radical (unpaired) electrons. The number of benzene rings is 6. The van der Waals surface area contributed by atoms with Gasteiger partial charge in [0.2, 0.25) is 0 Å². The van der Waals surface area contributed by atoms with E-state index in [4.69, 9.17) is 24.4 Å². The molecule has 0 aliphatic heterocycles. The van der Waals surface area contributed by atoms with Gasteiger partial charge in [-0.05, 0) is 35.9 Å². The second kappa shape index (κ2) is 10.9. The van der Waals surface area contributed by atoms with Gasteiger partial charge in [-0.1, -0.05) is 115 Å². The number of hydrogen-bond acceptors (Lipinski definition) is 6. The predicted molar refractivity (Wildman–Crippen MR) is 187 cm³/mol. The molecule has 46 heavy (non-hydrogen) atoms. The number of hydrogen-bond donors (Lipinski definition) is 0. The highest BCUT2D eigenvalue weighted by Gasteiger charge is 2.19. The van der Waals surface area contributed by atoms with Gasteiger partial charge >= 0.3 is 0 Å². The predicted octanol–water partition coefficient (Wildman–Crippen LogP) is 10.7. The van der Waals surface area contributed by atoms with Crippen LogP contribution in [-0.4, -0.2) is 19.9 Å². The van der Waals surface area contributed by atoms with Crippen molar-refractivity contribution in [3.05, 3.63) is 146 Å². The maximum atomic E-state index is 6.41. The molecule has 0 saturated carbocycles. The molecule has 0 aliphatic carbocycles. The zero-order valence-electron chi connectivity index (χ0n) is 24.5. The topological polar surface area (TPSA) is 64.7 Å². The van der Waals surface area contributed by atoms with Crippen LogP contribution in [0.5, 0.6) is 0 Å². The number of rotatable bonds is 5. The van der Waals surface area contributed by atoms with Gasteiger partial charge in [-0.2, -0.15) is 0 Å². The van der Waals surface area contributed by atoms with Gasteiger partial charge in [-0.3, -0.25) is 0 Å². The maximum absolute atomic E-state index is 6.41. The SMILES string of the molecule is c1ccc(-c2nc(-c3ccccc3)nc(-c3ccc4oc5cccc(-c6cccc7nc(-c8ccccc8)sc67)c5c4c3)n2)cc1. The Bertz CT molecular complexity index is 2470. The second-order valence-corrected chi connectivity index (χ2v) is 12.1. The molecular weight excluding hydrogens is 585 g/mol. The van der Waals surface area contributed by atoms with E-state index < -0.39 is 0 Å². The number of furan rings is 1. The molecule has 0 bridgehead atoms. The number of thiazole rings is 1. The average Bonchev–Trinajstić information content (AvgIpc) is 3.74. The minimum Gasteiger partial charge on any atom is -0.456 e. The molecule has 6 aromatic carbocycles. The van der Waals surface area contributed by atoms with E-state index in [1.54, 1.807) is 11.3 Å². The summed E-state index contributed by atoms with van der Waals surface area (Å²) in [5.41, 5.74) is 8.76. The van der Waals surface area contributed by atoms with Gasteiger partial charge in [0.15, 0.2) is 17.5 Å². The van der Waals surface area contributed by atoms with Crippen LogP contribution in [0, 0.1) is 0 Å². The average molecular weight is 609 g/mol. The molecule has 0 fully saturated rings. The summed E-state index contributed by atoms with van der Waals surface area (Å²) in [7, 11) is 0. The van der Waals surface area contributed by atoms with E-state index in [-0.39, 0.29) is 0 Å². The van der Waals surface area contributed by atoms with Gasteiger partial charge < -0.3 is 4.42 Å². The minimum absolute atomic E-state index is 0.610. The van der Waals surface area contributed by atoms with Crippen LogP contribution in [0.4, 0.5) is 0 Å². The molecule has 6 heteroatoms. The molecule has 0 N–H and O–H groups in total. The van der Waals surface area contributed by atoms with Gasteiger partial charge in [0.05, 0.1) is 10.2 Å². The van der Waals surface area contributed by atoms with E-state index in [9.17, 15) is 0 Å². The van der Waals surface area contributed by atoms with Crippen molar-refractivity contribution in [2.45, 2.75) is 0 Å². The molecular formula is C40H24N4OS. The van der Waals surface area contributed by atoms with E-state index in [1.807, 2.05) is 84.9 Å². The van der Waals surface area contributed by atoms with Gasteiger partial charge in [-0.25, -0.2) is 19.9 Å². The zero-order valence-corrected chi connectivity index (χ0v) is 25.3. The van der Waals surface area contributed by atoms with Crippen molar-refractivity contribution in [1.82, 2.24) is 19.9 Å². The summed E-state index contributed by atoms with van der Waals surface area (Å²) >= 11 is 1.72. The van der Waals surface area contributed by atoms with E-state index >= 15 is 0 Å². The maximum Gasteiger partial charge on any atom is 0.164 e.